The molecule has 0 amide bonds. The minimum Gasteiger partial charge on any atom is -0.507 e. The lowest BCUT2D eigenvalue weighted by Gasteiger charge is -2.34. The molecule has 2 atom stereocenters. The summed E-state index contributed by atoms with van der Waals surface area (Å²) in [6.45, 7) is 4.10. The Balaban J connectivity index is 1.87. The number of nitrogens with zero attached hydrogens (tertiary/aromatic N) is 1. The molecule has 8 nitrogen and oxygen atoms in total. The van der Waals surface area contributed by atoms with Crippen LogP contribution < -0.4 is 4.87 Å². The van der Waals surface area contributed by atoms with Gasteiger partial charge in [0.15, 0.2) is 0 Å². The first-order valence-corrected chi connectivity index (χ1v) is 11.0. The molecule has 2 aromatic rings. The number of ketones is 2. The van der Waals surface area contributed by atoms with Gasteiger partial charge in [0.05, 0.1) is 24.2 Å². The van der Waals surface area contributed by atoms with Gasteiger partial charge in [-0.25, -0.2) is 0 Å². The summed E-state index contributed by atoms with van der Waals surface area (Å²) in [5, 5.41) is 20.3. The maximum Gasteiger partial charge on any atom is 0.308 e. The van der Waals surface area contributed by atoms with Crippen molar-refractivity contribution in [1.82, 2.24) is 4.57 Å². The molecule has 9 heteroatoms. The van der Waals surface area contributed by atoms with Gasteiger partial charge >= 0.3 is 10.8 Å². The molecule has 0 spiro atoms. The maximum absolute atomic E-state index is 13.1. The lowest BCUT2D eigenvalue weighted by molar-refractivity contribution is -0.142. The van der Waals surface area contributed by atoms with Crippen molar-refractivity contribution in [3.63, 3.8) is 0 Å². The number of aliphatic carboxylic acids is 1. The molecule has 164 valence electrons. The summed E-state index contributed by atoms with van der Waals surface area (Å²) in [5.41, 5.74) is 1.01. The molecule has 31 heavy (non-hydrogen) atoms. The van der Waals surface area contributed by atoms with E-state index in [0.717, 1.165) is 11.0 Å². The molecular weight excluding hydrogens is 422 g/mol. The molecular formula is C22H23NO7S. The lowest BCUT2D eigenvalue weighted by atomic mass is 9.81. The number of phenols is 1. The highest BCUT2D eigenvalue weighted by Gasteiger charge is 2.41. The van der Waals surface area contributed by atoms with E-state index in [1.165, 1.54) is 7.05 Å². The summed E-state index contributed by atoms with van der Waals surface area (Å²) >= 11 is 0.690. The number of hydrogen-bond donors (Lipinski definition) is 2. The van der Waals surface area contributed by atoms with E-state index < -0.39 is 34.6 Å². The third-order valence-corrected chi connectivity index (χ3v) is 6.90. The highest BCUT2D eigenvalue weighted by molar-refractivity contribution is 7.12. The van der Waals surface area contributed by atoms with E-state index >= 15 is 0 Å². The molecule has 0 radical (unpaired) electrons. The monoisotopic (exact) mass is 445 g/mol. The van der Waals surface area contributed by atoms with Crippen LogP contribution in [-0.4, -0.2) is 38.4 Å². The number of carboxylic acid groups (broad SMARTS) is 1. The summed E-state index contributed by atoms with van der Waals surface area (Å²) in [6.07, 6.45) is 0.134. The predicted molar refractivity (Wildman–Crippen MR) is 112 cm³/mol. The van der Waals surface area contributed by atoms with Gasteiger partial charge in [-0.15, -0.1) is 0 Å². The molecule has 2 heterocycles. The molecule has 0 bridgehead atoms. The molecule has 1 aromatic heterocycles. The third kappa shape index (κ3) is 3.51. The number of carboxylic acids is 1. The Morgan fingerprint density at radius 1 is 1.29 bits per heavy atom. The van der Waals surface area contributed by atoms with Crippen LogP contribution in [0, 0.1) is 5.92 Å². The molecule has 4 rings (SSSR count). The quantitative estimate of drug-likeness (QED) is 0.619. The van der Waals surface area contributed by atoms with Gasteiger partial charge in [0, 0.05) is 18.2 Å². The fourth-order valence-electron chi connectivity index (χ4n) is 4.38. The standard InChI is InChI=1S/C22H23NO7S/c1-9(2)4-5-13-15-10(6-11(30-13)8-14(24)25)7-12-16(19(15)27)20(28)21-17(18(12)26)23(3)22(29)31-21/h7,9,11,13,27H,4-6,8H2,1-3H3,(H,24,25). The molecule has 2 aliphatic rings. The fraction of sp³-hybridized carbons (Fsp3) is 0.455. The summed E-state index contributed by atoms with van der Waals surface area (Å²) in [6, 6.07) is 1.56. The first-order valence-electron chi connectivity index (χ1n) is 10.1. The minimum absolute atomic E-state index is 0.0253. The van der Waals surface area contributed by atoms with E-state index in [1.807, 2.05) is 13.8 Å². The molecule has 1 aliphatic heterocycles. The lowest BCUT2D eigenvalue weighted by Crippen LogP contribution is -2.31. The van der Waals surface area contributed by atoms with Crippen molar-refractivity contribution in [3.8, 4) is 5.75 Å². The van der Waals surface area contributed by atoms with Gasteiger partial charge in [-0.3, -0.25) is 23.7 Å². The summed E-state index contributed by atoms with van der Waals surface area (Å²) in [4.78, 5) is 49.2. The number of carbonyl (C=O) groups excluding carboxylic acids is 2. The Morgan fingerprint density at radius 3 is 2.65 bits per heavy atom. The molecule has 1 aromatic carbocycles. The van der Waals surface area contributed by atoms with Gasteiger partial charge in [0.25, 0.3) is 0 Å². The highest BCUT2D eigenvalue weighted by atomic mass is 32.1. The van der Waals surface area contributed by atoms with Gasteiger partial charge < -0.3 is 14.9 Å². The van der Waals surface area contributed by atoms with Crippen LogP contribution in [0.5, 0.6) is 5.75 Å². The smallest absolute Gasteiger partial charge is 0.308 e. The van der Waals surface area contributed by atoms with Crippen LogP contribution in [0.3, 0.4) is 0 Å². The fourth-order valence-corrected chi connectivity index (χ4v) is 5.30. The second-order valence-corrected chi connectivity index (χ2v) is 9.47. The minimum atomic E-state index is -0.998. The van der Waals surface area contributed by atoms with Gasteiger partial charge in [-0.05, 0) is 36.8 Å². The Labute approximate surface area is 182 Å². The van der Waals surface area contributed by atoms with Crippen molar-refractivity contribution in [2.45, 2.75) is 51.7 Å². The number of ether oxygens (including phenoxy) is 1. The zero-order chi connectivity index (χ0) is 22.6. The number of fused-ring (bicyclic) bond motifs is 3. The van der Waals surface area contributed by atoms with Crippen LogP contribution in [-0.2, 0) is 23.0 Å². The summed E-state index contributed by atoms with van der Waals surface area (Å²) in [7, 11) is 1.44. The van der Waals surface area contributed by atoms with Crippen molar-refractivity contribution in [2.24, 2.45) is 13.0 Å². The van der Waals surface area contributed by atoms with Crippen LogP contribution in [0.1, 0.15) is 81.6 Å². The van der Waals surface area contributed by atoms with Crippen molar-refractivity contribution >= 4 is 28.9 Å². The Kier molecular flexibility index (Phi) is 5.35. The number of benzene rings is 1. The number of carbonyl (C=O) groups is 3. The van der Waals surface area contributed by atoms with Crippen molar-refractivity contribution in [2.75, 3.05) is 0 Å². The normalized spacial score (nSPS) is 19.9. The first kappa shape index (κ1) is 21.5. The zero-order valence-electron chi connectivity index (χ0n) is 17.4. The Bertz CT molecular complexity index is 1170. The molecule has 0 fully saturated rings. The number of aromatic hydroxyl groups is 1. The van der Waals surface area contributed by atoms with Gasteiger partial charge in [-0.2, -0.15) is 0 Å². The summed E-state index contributed by atoms with van der Waals surface area (Å²) < 4.78 is 7.17. The molecule has 2 N–H and O–H groups in total. The second kappa shape index (κ2) is 7.72. The van der Waals surface area contributed by atoms with Crippen molar-refractivity contribution < 1.29 is 29.3 Å². The SMILES string of the molecule is CC(C)CCC1OC(CC(=O)O)Cc2cc3c(c(O)c21)C(=O)c1sc(=O)n(C)c1C3=O. The predicted octanol–water partition coefficient (Wildman–Crippen LogP) is 2.82. The van der Waals surface area contributed by atoms with E-state index in [2.05, 4.69) is 0 Å². The van der Waals surface area contributed by atoms with E-state index in [-0.39, 0.29) is 40.3 Å². The second-order valence-electron chi connectivity index (χ2n) is 8.50. The number of rotatable bonds is 5. The largest absolute Gasteiger partial charge is 0.507 e. The average Bonchev–Trinajstić information content (AvgIpc) is 2.98. The van der Waals surface area contributed by atoms with Crippen LogP contribution in [0.15, 0.2) is 10.9 Å². The average molecular weight is 445 g/mol. The number of hydrogen-bond acceptors (Lipinski definition) is 7. The zero-order valence-corrected chi connectivity index (χ0v) is 18.2. The number of phenolic OH excluding ortho intramolecular Hbond substituents is 1. The van der Waals surface area contributed by atoms with E-state index in [4.69, 9.17) is 4.74 Å². The number of aromatic nitrogens is 1. The van der Waals surface area contributed by atoms with Crippen LogP contribution >= 0.6 is 11.3 Å². The Hall–Kier alpha value is -2.78. The topological polar surface area (TPSA) is 123 Å². The van der Waals surface area contributed by atoms with Crippen LogP contribution in [0.4, 0.5) is 0 Å². The van der Waals surface area contributed by atoms with E-state index in [1.54, 1.807) is 6.07 Å². The van der Waals surface area contributed by atoms with Gasteiger partial charge in [0.2, 0.25) is 11.6 Å². The van der Waals surface area contributed by atoms with Crippen molar-refractivity contribution in [3.05, 3.63) is 48.6 Å². The molecule has 2 unspecified atom stereocenters. The highest BCUT2D eigenvalue weighted by Crippen LogP contribution is 2.45. The van der Waals surface area contributed by atoms with E-state index in [9.17, 15) is 29.4 Å². The Morgan fingerprint density at radius 2 is 2.00 bits per heavy atom. The van der Waals surface area contributed by atoms with Gasteiger partial charge in [-0.1, -0.05) is 25.2 Å². The molecule has 0 saturated carbocycles. The van der Waals surface area contributed by atoms with Crippen LogP contribution in [0.2, 0.25) is 0 Å². The molecule has 1 aliphatic carbocycles. The first-order chi connectivity index (χ1) is 14.6. The van der Waals surface area contributed by atoms with E-state index in [0.29, 0.717) is 34.8 Å². The maximum atomic E-state index is 13.1. The van der Waals surface area contributed by atoms with Gasteiger partial charge in [0.1, 0.15) is 16.3 Å². The summed E-state index contributed by atoms with van der Waals surface area (Å²) in [5.74, 6) is -1.99. The number of thiazole rings is 1. The van der Waals surface area contributed by atoms with Crippen LogP contribution in [0.25, 0.3) is 0 Å². The molecule has 0 saturated heterocycles. The third-order valence-electron chi connectivity index (χ3n) is 5.87. The van der Waals surface area contributed by atoms with Crippen molar-refractivity contribution in [1.29, 1.82) is 0 Å².